The minimum Gasteiger partial charge on any atom is -0.467 e. The number of fused-ring (bicyclic) bond motifs is 4. The first kappa shape index (κ1) is 15.3. The summed E-state index contributed by atoms with van der Waals surface area (Å²) in [7, 11) is 0. The SMILES string of the molecule is Cc1ccc(N2C(=O)NC3CC2(C)Oc2ccc(Cl)cc23)cc1F. The number of benzene rings is 2. The van der Waals surface area contributed by atoms with E-state index < -0.39 is 5.72 Å². The maximum atomic E-state index is 14.0. The number of hydrogen-bond acceptors (Lipinski definition) is 2. The quantitative estimate of drug-likeness (QED) is 0.822. The number of anilines is 1. The van der Waals surface area contributed by atoms with Gasteiger partial charge >= 0.3 is 6.03 Å². The fourth-order valence-electron chi connectivity index (χ4n) is 3.46. The van der Waals surface area contributed by atoms with Gasteiger partial charge in [-0.2, -0.15) is 0 Å². The van der Waals surface area contributed by atoms with Gasteiger partial charge in [-0.15, -0.1) is 0 Å². The first-order valence-corrected chi connectivity index (χ1v) is 8.10. The van der Waals surface area contributed by atoms with Crippen LogP contribution < -0.4 is 15.0 Å². The third-order valence-electron chi connectivity index (χ3n) is 4.65. The highest BCUT2D eigenvalue weighted by molar-refractivity contribution is 6.30. The molecule has 1 N–H and O–H groups in total. The number of rotatable bonds is 1. The molecule has 1 fully saturated rings. The second kappa shape index (κ2) is 5.11. The summed E-state index contributed by atoms with van der Waals surface area (Å²) >= 11 is 6.06. The molecule has 2 heterocycles. The van der Waals surface area contributed by atoms with Crippen LogP contribution in [-0.4, -0.2) is 11.8 Å². The van der Waals surface area contributed by atoms with E-state index in [0.717, 1.165) is 5.56 Å². The van der Waals surface area contributed by atoms with Gasteiger partial charge in [-0.3, -0.25) is 4.90 Å². The number of amides is 2. The maximum absolute atomic E-state index is 14.0. The molecule has 0 aliphatic carbocycles. The third kappa shape index (κ3) is 2.23. The van der Waals surface area contributed by atoms with Crippen LogP contribution in [-0.2, 0) is 0 Å². The van der Waals surface area contributed by atoms with Gasteiger partial charge in [0.1, 0.15) is 11.6 Å². The molecule has 1 saturated heterocycles. The average Bonchev–Trinajstić information content (AvgIpc) is 2.51. The van der Waals surface area contributed by atoms with Gasteiger partial charge in [0.2, 0.25) is 0 Å². The van der Waals surface area contributed by atoms with Gasteiger partial charge < -0.3 is 10.1 Å². The number of carbonyl (C=O) groups is 1. The lowest BCUT2D eigenvalue weighted by atomic mass is 9.90. The molecule has 2 aliphatic heterocycles. The second-order valence-electron chi connectivity index (χ2n) is 6.43. The number of nitrogens with one attached hydrogen (secondary N) is 1. The average molecular weight is 347 g/mol. The number of carbonyl (C=O) groups excluding carboxylic acids is 1. The topological polar surface area (TPSA) is 41.6 Å². The van der Waals surface area contributed by atoms with Crippen LogP contribution in [0.3, 0.4) is 0 Å². The number of nitrogens with zero attached hydrogens (tertiary/aromatic N) is 1. The van der Waals surface area contributed by atoms with Crippen LogP contribution in [0.5, 0.6) is 5.75 Å². The lowest BCUT2D eigenvalue weighted by molar-refractivity contribution is 0.0378. The summed E-state index contributed by atoms with van der Waals surface area (Å²) < 4.78 is 20.1. The minimum absolute atomic E-state index is 0.184. The summed E-state index contributed by atoms with van der Waals surface area (Å²) in [5, 5.41) is 3.56. The predicted octanol–water partition coefficient (Wildman–Crippen LogP) is 4.56. The Morgan fingerprint density at radius 2 is 2.12 bits per heavy atom. The van der Waals surface area contributed by atoms with Crippen molar-refractivity contribution in [3.63, 3.8) is 0 Å². The molecule has 4 rings (SSSR count). The lowest BCUT2D eigenvalue weighted by Gasteiger charge is -2.50. The van der Waals surface area contributed by atoms with E-state index in [1.54, 1.807) is 31.2 Å². The molecular formula is C18H16ClFN2O2. The zero-order valence-electron chi connectivity index (χ0n) is 13.3. The number of ether oxygens (including phenoxy) is 1. The van der Waals surface area contributed by atoms with Crippen LogP contribution >= 0.6 is 11.6 Å². The zero-order valence-corrected chi connectivity index (χ0v) is 14.0. The summed E-state index contributed by atoms with van der Waals surface area (Å²) in [6.07, 6.45) is 0.543. The standard InChI is InChI=1S/C18H16ClFN2O2/c1-10-3-5-12(8-14(10)20)22-17(23)21-15-9-18(22,2)24-16-6-4-11(19)7-13(15)16/h3-8,15H,9H2,1-2H3,(H,21,23). The molecule has 0 aromatic heterocycles. The van der Waals surface area contributed by atoms with Gasteiger partial charge in [-0.25, -0.2) is 9.18 Å². The number of hydrogen-bond donors (Lipinski definition) is 1. The van der Waals surface area contributed by atoms with Crippen LogP contribution in [0.25, 0.3) is 0 Å². The molecule has 2 amide bonds. The number of urea groups is 1. The first-order chi connectivity index (χ1) is 11.4. The molecule has 2 atom stereocenters. The Balaban J connectivity index is 1.80. The molecule has 0 spiro atoms. The molecule has 2 aliphatic rings. The third-order valence-corrected chi connectivity index (χ3v) is 4.88. The highest BCUT2D eigenvalue weighted by Gasteiger charge is 2.49. The molecule has 6 heteroatoms. The monoisotopic (exact) mass is 346 g/mol. The van der Waals surface area contributed by atoms with Crippen molar-refractivity contribution in [1.29, 1.82) is 0 Å². The Kier molecular flexibility index (Phi) is 3.25. The van der Waals surface area contributed by atoms with E-state index in [1.165, 1.54) is 11.0 Å². The van der Waals surface area contributed by atoms with Crippen molar-refractivity contribution in [2.75, 3.05) is 4.90 Å². The summed E-state index contributed by atoms with van der Waals surface area (Å²) in [6, 6.07) is 9.60. The fraction of sp³-hybridized carbons (Fsp3) is 0.278. The van der Waals surface area contributed by atoms with Crippen LogP contribution in [0, 0.1) is 12.7 Å². The predicted molar refractivity (Wildman–Crippen MR) is 90.0 cm³/mol. The molecule has 2 aromatic carbocycles. The largest absolute Gasteiger partial charge is 0.467 e. The van der Waals surface area contributed by atoms with Gasteiger partial charge in [0.25, 0.3) is 0 Å². The molecule has 0 radical (unpaired) electrons. The highest BCUT2D eigenvalue weighted by Crippen LogP contribution is 2.46. The van der Waals surface area contributed by atoms with Crippen molar-refractivity contribution < 1.29 is 13.9 Å². The smallest absolute Gasteiger partial charge is 0.325 e. The summed E-state index contributed by atoms with van der Waals surface area (Å²) in [5.74, 6) is 0.324. The second-order valence-corrected chi connectivity index (χ2v) is 6.87. The molecule has 2 bridgehead atoms. The van der Waals surface area contributed by atoms with Gasteiger partial charge in [-0.1, -0.05) is 17.7 Å². The molecule has 2 aromatic rings. The van der Waals surface area contributed by atoms with Gasteiger partial charge in [0.05, 0.1) is 11.7 Å². The van der Waals surface area contributed by atoms with Crippen LogP contribution in [0.2, 0.25) is 5.02 Å². The summed E-state index contributed by atoms with van der Waals surface area (Å²) in [4.78, 5) is 14.2. The molecule has 24 heavy (non-hydrogen) atoms. The highest BCUT2D eigenvalue weighted by atomic mass is 35.5. The Morgan fingerprint density at radius 1 is 1.33 bits per heavy atom. The van der Waals surface area contributed by atoms with E-state index >= 15 is 0 Å². The van der Waals surface area contributed by atoms with E-state index in [4.69, 9.17) is 16.3 Å². The Bertz CT molecular complexity index is 857. The van der Waals surface area contributed by atoms with Crippen LogP contribution in [0.4, 0.5) is 14.9 Å². The van der Waals surface area contributed by atoms with E-state index in [-0.39, 0.29) is 17.9 Å². The van der Waals surface area contributed by atoms with Crippen LogP contribution in [0.1, 0.15) is 30.5 Å². The molecule has 4 nitrogen and oxygen atoms in total. The molecular weight excluding hydrogens is 331 g/mol. The Morgan fingerprint density at radius 3 is 2.88 bits per heavy atom. The maximum Gasteiger partial charge on any atom is 0.325 e. The molecule has 124 valence electrons. The van der Waals surface area contributed by atoms with E-state index in [2.05, 4.69) is 5.32 Å². The van der Waals surface area contributed by atoms with Crippen molar-refractivity contribution in [1.82, 2.24) is 5.32 Å². The number of halogens is 2. The van der Waals surface area contributed by atoms with Crippen molar-refractivity contribution in [3.05, 3.63) is 58.4 Å². The van der Waals surface area contributed by atoms with Crippen molar-refractivity contribution >= 4 is 23.3 Å². The molecule has 2 unspecified atom stereocenters. The van der Waals surface area contributed by atoms with Crippen molar-refractivity contribution in [3.8, 4) is 5.75 Å². The van der Waals surface area contributed by atoms with E-state index in [1.807, 2.05) is 13.0 Å². The van der Waals surface area contributed by atoms with E-state index in [9.17, 15) is 9.18 Å². The van der Waals surface area contributed by atoms with Gasteiger partial charge in [-0.05, 0) is 49.7 Å². The van der Waals surface area contributed by atoms with Gasteiger partial charge in [0, 0.05) is 17.0 Å². The summed E-state index contributed by atoms with van der Waals surface area (Å²) in [6.45, 7) is 3.53. The summed E-state index contributed by atoms with van der Waals surface area (Å²) in [5.41, 5.74) is 0.969. The fourth-order valence-corrected chi connectivity index (χ4v) is 3.64. The molecule has 0 saturated carbocycles. The van der Waals surface area contributed by atoms with E-state index in [0.29, 0.717) is 28.4 Å². The Labute approximate surface area is 144 Å². The number of aryl methyl sites for hydroxylation is 1. The van der Waals surface area contributed by atoms with Crippen molar-refractivity contribution in [2.45, 2.75) is 32.0 Å². The normalized spacial score (nSPS) is 24.9. The Hall–Kier alpha value is -2.27. The zero-order chi connectivity index (χ0) is 17.1. The van der Waals surface area contributed by atoms with Crippen LogP contribution in [0.15, 0.2) is 36.4 Å². The lowest BCUT2D eigenvalue weighted by Crippen LogP contribution is -2.65. The van der Waals surface area contributed by atoms with Gasteiger partial charge in [0.15, 0.2) is 5.72 Å². The minimum atomic E-state index is -0.893. The first-order valence-electron chi connectivity index (χ1n) is 7.73. The van der Waals surface area contributed by atoms with Crippen molar-refractivity contribution in [2.24, 2.45) is 0 Å².